The molecule has 0 aliphatic carbocycles. The van der Waals surface area contributed by atoms with Crippen LogP contribution in [0.4, 0.5) is 5.82 Å². The van der Waals surface area contributed by atoms with E-state index in [1.807, 2.05) is 18.2 Å². The van der Waals surface area contributed by atoms with Gasteiger partial charge in [-0.1, -0.05) is 0 Å². The first kappa shape index (κ1) is 9.42. The second-order valence-corrected chi connectivity index (χ2v) is 4.25. The fourth-order valence-corrected chi connectivity index (χ4v) is 2.20. The van der Waals surface area contributed by atoms with Crippen LogP contribution in [0.25, 0.3) is 6.08 Å². The van der Waals surface area contributed by atoms with Crippen LogP contribution in [-0.4, -0.2) is 11.5 Å². The molecule has 2 aromatic rings. The van der Waals surface area contributed by atoms with E-state index in [-0.39, 0.29) is 0 Å². The topological polar surface area (TPSA) is 34.2 Å². The molecule has 0 amide bonds. The van der Waals surface area contributed by atoms with E-state index in [4.69, 9.17) is 4.74 Å². The number of ether oxygens (including phenoxy) is 1. The smallest absolute Gasteiger partial charge is 0.169 e. The van der Waals surface area contributed by atoms with E-state index >= 15 is 0 Å². The SMILES string of the molecule is C(=C1\CNc2ncccc2O1)/c1ccsc1. The van der Waals surface area contributed by atoms with Gasteiger partial charge in [-0.2, -0.15) is 11.3 Å². The Labute approximate surface area is 97.4 Å². The normalized spacial score (nSPS) is 16.4. The maximum absolute atomic E-state index is 5.75. The highest BCUT2D eigenvalue weighted by Gasteiger charge is 2.13. The number of pyridine rings is 1. The molecule has 0 spiro atoms. The summed E-state index contributed by atoms with van der Waals surface area (Å²) < 4.78 is 5.75. The van der Waals surface area contributed by atoms with Gasteiger partial charge < -0.3 is 10.1 Å². The molecule has 0 radical (unpaired) electrons. The van der Waals surface area contributed by atoms with Gasteiger partial charge in [0.1, 0.15) is 5.76 Å². The van der Waals surface area contributed by atoms with E-state index in [0.29, 0.717) is 6.54 Å². The molecule has 0 fully saturated rings. The fourth-order valence-electron chi connectivity index (χ4n) is 1.58. The van der Waals surface area contributed by atoms with Crippen LogP contribution in [0, 0.1) is 0 Å². The number of rotatable bonds is 1. The molecule has 2 aromatic heterocycles. The molecular weight excluding hydrogens is 220 g/mol. The van der Waals surface area contributed by atoms with E-state index in [1.165, 1.54) is 5.56 Å². The monoisotopic (exact) mass is 230 g/mol. The summed E-state index contributed by atoms with van der Waals surface area (Å²) in [5, 5.41) is 7.37. The van der Waals surface area contributed by atoms with Gasteiger partial charge in [-0.25, -0.2) is 4.98 Å². The summed E-state index contributed by atoms with van der Waals surface area (Å²) in [6.07, 6.45) is 3.79. The molecule has 1 aliphatic rings. The van der Waals surface area contributed by atoms with Crippen molar-refractivity contribution in [2.45, 2.75) is 0 Å². The Morgan fingerprint density at radius 1 is 1.44 bits per heavy atom. The number of hydrogen-bond acceptors (Lipinski definition) is 4. The van der Waals surface area contributed by atoms with Crippen LogP contribution >= 0.6 is 11.3 Å². The lowest BCUT2D eigenvalue weighted by Crippen LogP contribution is -2.17. The Bertz CT molecular complexity index is 520. The van der Waals surface area contributed by atoms with Crippen LogP contribution < -0.4 is 10.1 Å². The van der Waals surface area contributed by atoms with Gasteiger partial charge in [0.2, 0.25) is 0 Å². The van der Waals surface area contributed by atoms with E-state index in [2.05, 4.69) is 27.1 Å². The Kier molecular flexibility index (Phi) is 2.34. The van der Waals surface area contributed by atoms with Crippen LogP contribution in [0.1, 0.15) is 5.56 Å². The molecule has 3 nitrogen and oxygen atoms in total. The molecule has 0 saturated carbocycles. The number of anilines is 1. The van der Waals surface area contributed by atoms with Crippen molar-refractivity contribution in [3.8, 4) is 5.75 Å². The lowest BCUT2D eigenvalue weighted by Gasteiger charge is -2.19. The highest BCUT2D eigenvalue weighted by atomic mass is 32.1. The number of nitrogens with zero attached hydrogens (tertiary/aromatic N) is 1. The molecule has 0 bridgehead atoms. The van der Waals surface area contributed by atoms with Crippen molar-refractivity contribution in [2.24, 2.45) is 0 Å². The molecule has 0 atom stereocenters. The summed E-state index contributed by atoms with van der Waals surface area (Å²) in [7, 11) is 0. The number of fused-ring (bicyclic) bond motifs is 1. The van der Waals surface area contributed by atoms with Gasteiger partial charge >= 0.3 is 0 Å². The number of hydrogen-bond donors (Lipinski definition) is 1. The zero-order chi connectivity index (χ0) is 10.8. The highest BCUT2D eigenvalue weighted by Crippen LogP contribution is 2.28. The summed E-state index contributed by atoms with van der Waals surface area (Å²) in [5.41, 5.74) is 1.18. The lowest BCUT2D eigenvalue weighted by atomic mass is 10.2. The molecule has 80 valence electrons. The second kappa shape index (κ2) is 3.98. The molecule has 1 aliphatic heterocycles. The average Bonchev–Trinajstić information content (AvgIpc) is 2.82. The van der Waals surface area contributed by atoms with Crippen molar-refractivity contribution in [1.29, 1.82) is 0 Å². The van der Waals surface area contributed by atoms with E-state index in [1.54, 1.807) is 17.5 Å². The minimum absolute atomic E-state index is 0.680. The maximum Gasteiger partial charge on any atom is 0.169 e. The van der Waals surface area contributed by atoms with Crippen LogP contribution in [0.15, 0.2) is 40.9 Å². The van der Waals surface area contributed by atoms with Gasteiger partial charge in [0.05, 0.1) is 6.54 Å². The minimum atomic E-state index is 0.680. The zero-order valence-electron chi connectivity index (χ0n) is 8.51. The third-order valence-electron chi connectivity index (χ3n) is 2.31. The summed E-state index contributed by atoms with van der Waals surface area (Å²) in [6, 6.07) is 5.85. The van der Waals surface area contributed by atoms with E-state index in [9.17, 15) is 0 Å². The predicted molar refractivity (Wildman–Crippen MR) is 65.7 cm³/mol. The molecule has 0 unspecified atom stereocenters. The Morgan fingerprint density at radius 3 is 3.31 bits per heavy atom. The van der Waals surface area contributed by atoms with Crippen molar-refractivity contribution in [3.05, 3.63) is 46.5 Å². The summed E-state index contributed by atoms with van der Waals surface area (Å²) in [5.74, 6) is 2.51. The van der Waals surface area contributed by atoms with Gasteiger partial charge in [-0.15, -0.1) is 0 Å². The first-order valence-electron chi connectivity index (χ1n) is 5.01. The van der Waals surface area contributed by atoms with E-state index < -0.39 is 0 Å². The Hall–Kier alpha value is -1.81. The predicted octanol–water partition coefficient (Wildman–Crippen LogP) is 2.99. The molecule has 4 heteroatoms. The minimum Gasteiger partial charge on any atom is -0.456 e. The van der Waals surface area contributed by atoms with Crippen LogP contribution in [0.2, 0.25) is 0 Å². The number of nitrogens with one attached hydrogen (secondary N) is 1. The molecule has 0 aromatic carbocycles. The standard InChI is InChI=1S/C12H10N2OS/c1-2-11-12(13-4-1)14-7-10(15-11)6-9-3-5-16-8-9/h1-6,8H,7H2,(H,13,14)/b10-6-. The van der Waals surface area contributed by atoms with Gasteiger partial charge in [0.25, 0.3) is 0 Å². The van der Waals surface area contributed by atoms with Gasteiger partial charge in [-0.3, -0.25) is 0 Å². The number of thiophene rings is 1. The first-order chi connectivity index (χ1) is 7.92. The molecule has 1 N–H and O–H groups in total. The maximum atomic E-state index is 5.75. The lowest BCUT2D eigenvalue weighted by molar-refractivity contribution is 0.414. The van der Waals surface area contributed by atoms with Crippen LogP contribution in [0.5, 0.6) is 5.75 Å². The number of aromatic nitrogens is 1. The third-order valence-corrected chi connectivity index (χ3v) is 3.01. The molecule has 3 rings (SSSR count). The van der Waals surface area contributed by atoms with Gasteiger partial charge in [-0.05, 0) is 40.6 Å². The van der Waals surface area contributed by atoms with Crippen molar-refractivity contribution in [1.82, 2.24) is 4.98 Å². The molecule has 16 heavy (non-hydrogen) atoms. The van der Waals surface area contributed by atoms with Crippen molar-refractivity contribution < 1.29 is 4.74 Å². The zero-order valence-corrected chi connectivity index (χ0v) is 9.33. The van der Waals surface area contributed by atoms with Crippen LogP contribution in [-0.2, 0) is 0 Å². The Morgan fingerprint density at radius 2 is 2.44 bits per heavy atom. The van der Waals surface area contributed by atoms with Crippen LogP contribution in [0.3, 0.4) is 0 Å². The van der Waals surface area contributed by atoms with Crippen molar-refractivity contribution in [3.63, 3.8) is 0 Å². The molecule has 3 heterocycles. The van der Waals surface area contributed by atoms with Gasteiger partial charge in [0, 0.05) is 6.20 Å². The quantitative estimate of drug-likeness (QED) is 0.817. The first-order valence-corrected chi connectivity index (χ1v) is 5.95. The third kappa shape index (κ3) is 1.79. The molecular formula is C12H10N2OS. The summed E-state index contributed by atoms with van der Waals surface area (Å²) in [6.45, 7) is 0.680. The second-order valence-electron chi connectivity index (χ2n) is 3.47. The summed E-state index contributed by atoms with van der Waals surface area (Å²) >= 11 is 1.68. The average molecular weight is 230 g/mol. The fraction of sp³-hybridized carbons (Fsp3) is 0.0833. The van der Waals surface area contributed by atoms with Gasteiger partial charge in [0.15, 0.2) is 11.6 Å². The van der Waals surface area contributed by atoms with Crippen molar-refractivity contribution >= 4 is 23.2 Å². The molecule has 0 saturated heterocycles. The van der Waals surface area contributed by atoms with E-state index in [0.717, 1.165) is 17.3 Å². The summed E-state index contributed by atoms with van der Waals surface area (Å²) in [4.78, 5) is 4.19. The Balaban J connectivity index is 1.88. The highest BCUT2D eigenvalue weighted by molar-refractivity contribution is 7.08. The van der Waals surface area contributed by atoms with Crippen molar-refractivity contribution in [2.75, 3.05) is 11.9 Å². The largest absolute Gasteiger partial charge is 0.456 e.